The maximum absolute atomic E-state index is 13.4. The van der Waals surface area contributed by atoms with Gasteiger partial charge in [0.2, 0.25) is 11.8 Å². The third-order valence-electron chi connectivity index (χ3n) is 7.30. The highest BCUT2D eigenvalue weighted by Crippen LogP contribution is 2.47. The minimum absolute atomic E-state index is 0.173. The van der Waals surface area contributed by atoms with E-state index in [4.69, 9.17) is 0 Å². The minimum Gasteiger partial charge on any atom is -0.507 e. The first-order valence-electron chi connectivity index (χ1n) is 12.2. The number of rotatable bonds is 9. The summed E-state index contributed by atoms with van der Waals surface area (Å²) >= 11 is 1.51. The zero-order chi connectivity index (χ0) is 25.1. The maximum Gasteiger partial charge on any atom is 0.234 e. The second kappa shape index (κ2) is 10.9. The second-order valence-electron chi connectivity index (χ2n) is 9.48. The van der Waals surface area contributed by atoms with E-state index in [9.17, 15) is 24.9 Å². The van der Waals surface area contributed by atoms with Gasteiger partial charge in [-0.1, -0.05) is 48.4 Å². The summed E-state index contributed by atoms with van der Waals surface area (Å²) in [7, 11) is 0. The van der Waals surface area contributed by atoms with E-state index in [-0.39, 0.29) is 30.7 Å². The Labute approximate surface area is 210 Å². The van der Waals surface area contributed by atoms with Gasteiger partial charge in [0.25, 0.3) is 0 Å². The van der Waals surface area contributed by atoms with Gasteiger partial charge in [0.15, 0.2) is 0 Å². The molecule has 1 saturated heterocycles. The van der Waals surface area contributed by atoms with Crippen LogP contribution in [-0.4, -0.2) is 44.7 Å². The number of aliphatic hydroxyl groups is 2. The quantitative estimate of drug-likeness (QED) is 0.351. The smallest absolute Gasteiger partial charge is 0.234 e. The molecule has 1 aliphatic carbocycles. The average Bonchev–Trinajstić information content (AvgIpc) is 3.45. The van der Waals surface area contributed by atoms with Gasteiger partial charge in [0.05, 0.1) is 31.1 Å². The number of likely N-dealkylation sites (tertiary alicyclic amines) is 1. The third kappa shape index (κ3) is 5.13. The molecular weight excluding hydrogens is 462 g/mol. The van der Waals surface area contributed by atoms with Crippen LogP contribution in [0.25, 0.3) is 6.08 Å². The number of nitrogens with zero attached hydrogens (tertiary/aromatic N) is 1. The number of benzene rings is 1. The summed E-state index contributed by atoms with van der Waals surface area (Å²) in [5, 5.41) is 33.5. The number of amides is 2. The largest absolute Gasteiger partial charge is 0.507 e. The fraction of sp³-hybridized carbons (Fsp3) is 0.429. The number of imide groups is 1. The Kier molecular flexibility index (Phi) is 7.89. The van der Waals surface area contributed by atoms with Crippen LogP contribution in [0.4, 0.5) is 0 Å². The van der Waals surface area contributed by atoms with Crippen molar-refractivity contribution in [1.82, 2.24) is 4.90 Å². The van der Waals surface area contributed by atoms with E-state index in [0.29, 0.717) is 25.7 Å². The van der Waals surface area contributed by atoms with Crippen LogP contribution in [0.2, 0.25) is 0 Å². The Hall–Kier alpha value is -2.74. The van der Waals surface area contributed by atoms with Crippen LogP contribution >= 0.6 is 11.3 Å². The first kappa shape index (κ1) is 25.4. The van der Waals surface area contributed by atoms with Crippen molar-refractivity contribution in [1.29, 1.82) is 0 Å². The molecule has 2 aliphatic rings. The molecule has 1 aromatic heterocycles. The lowest BCUT2D eigenvalue weighted by atomic mass is 9.67. The van der Waals surface area contributed by atoms with Gasteiger partial charge >= 0.3 is 0 Å². The maximum atomic E-state index is 13.4. The number of hydrogen-bond acceptors (Lipinski definition) is 6. The molecule has 0 saturated carbocycles. The molecule has 1 aromatic carbocycles. The summed E-state index contributed by atoms with van der Waals surface area (Å²) in [6.07, 6.45) is 3.22. The molecule has 4 atom stereocenters. The Balaban J connectivity index is 1.53. The summed E-state index contributed by atoms with van der Waals surface area (Å²) in [6.45, 7) is 3.92. The van der Waals surface area contributed by atoms with Gasteiger partial charge in [0, 0.05) is 16.4 Å². The molecule has 2 aromatic rings. The van der Waals surface area contributed by atoms with Gasteiger partial charge in [-0.05, 0) is 55.7 Å². The lowest BCUT2D eigenvalue weighted by Gasteiger charge is -2.36. The first-order chi connectivity index (χ1) is 16.8. The van der Waals surface area contributed by atoms with E-state index >= 15 is 0 Å². The van der Waals surface area contributed by atoms with E-state index in [2.05, 4.69) is 0 Å². The first-order valence-corrected chi connectivity index (χ1v) is 13.1. The number of aromatic hydroxyl groups is 1. The highest BCUT2D eigenvalue weighted by molar-refractivity contribution is 7.09. The van der Waals surface area contributed by atoms with E-state index in [1.165, 1.54) is 16.2 Å². The van der Waals surface area contributed by atoms with Gasteiger partial charge in [-0.2, -0.15) is 0 Å². The molecule has 1 fully saturated rings. The molecule has 4 rings (SSSR count). The molecule has 2 heterocycles. The topological polar surface area (TPSA) is 98.1 Å². The summed E-state index contributed by atoms with van der Waals surface area (Å²) in [5.74, 6) is -1.89. The number of para-hydroxylation sites is 1. The van der Waals surface area contributed by atoms with Crippen LogP contribution in [0.1, 0.15) is 50.0 Å². The van der Waals surface area contributed by atoms with Crippen LogP contribution in [0.5, 0.6) is 5.75 Å². The molecule has 35 heavy (non-hydrogen) atoms. The van der Waals surface area contributed by atoms with Crippen molar-refractivity contribution < 1.29 is 24.9 Å². The number of hydrogen-bond donors (Lipinski definition) is 3. The van der Waals surface area contributed by atoms with Crippen molar-refractivity contribution in [2.75, 3.05) is 6.61 Å². The lowest BCUT2D eigenvalue weighted by molar-refractivity contribution is -0.140. The van der Waals surface area contributed by atoms with Crippen LogP contribution in [0.15, 0.2) is 58.5 Å². The molecule has 0 spiro atoms. The summed E-state index contributed by atoms with van der Waals surface area (Å²) in [4.78, 5) is 28.9. The van der Waals surface area contributed by atoms with Crippen LogP contribution in [0, 0.1) is 17.8 Å². The van der Waals surface area contributed by atoms with Crippen molar-refractivity contribution in [2.24, 2.45) is 17.8 Å². The molecule has 0 unspecified atom stereocenters. The zero-order valence-corrected chi connectivity index (χ0v) is 21.0. The molecule has 0 bridgehead atoms. The number of phenolic OH excluding ortho intramolecular Hbond substituents is 1. The van der Waals surface area contributed by atoms with E-state index in [1.807, 2.05) is 49.6 Å². The zero-order valence-electron chi connectivity index (χ0n) is 20.2. The van der Waals surface area contributed by atoms with Gasteiger partial charge in [-0.25, -0.2) is 0 Å². The van der Waals surface area contributed by atoms with Gasteiger partial charge < -0.3 is 15.3 Å². The third-order valence-corrected chi connectivity index (χ3v) is 8.16. The van der Waals surface area contributed by atoms with Crippen molar-refractivity contribution in [2.45, 2.75) is 52.2 Å². The normalized spacial score (nSPS) is 23.7. The summed E-state index contributed by atoms with van der Waals surface area (Å²) in [6, 6.07) is 10.9. The van der Waals surface area contributed by atoms with Crippen LogP contribution in [0.3, 0.4) is 0 Å². The molecule has 186 valence electrons. The number of phenols is 1. The summed E-state index contributed by atoms with van der Waals surface area (Å²) < 4.78 is 0. The summed E-state index contributed by atoms with van der Waals surface area (Å²) in [5.41, 5.74) is 3.43. The van der Waals surface area contributed by atoms with Gasteiger partial charge in [-0.15, -0.1) is 11.3 Å². The predicted molar refractivity (Wildman–Crippen MR) is 136 cm³/mol. The van der Waals surface area contributed by atoms with Crippen LogP contribution in [-0.2, 0) is 16.1 Å². The number of aliphatic hydroxyl groups excluding tert-OH is 2. The number of allylic oxidation sites excluding steroid dienone is 2. The average molecular weight is 496 g/mol. The standard InChI is InChI=1S/C28H33NO5S/c1-3-18-14-21-26(28(34)29(27(21)33)15-20-8-6-12-35-20)22(16-30)25(18)24(32)11-10-17(2)13-19-7-4-5-9-23(19)31/h4-9,12-13,21-22,24,26,30-32H,3,10-11,14-16H2,1-2H3/b17-13+/t21-,22+,24-,26-/m1/s1. The second-order valence-corrected chi connectivity index (χ2v) is 10.5. The van der Waals surface area contributed by atoms with Gasteiger partial charge in [-0.3, -0.25) is 14.5 Å². The minimum atomic E-state index is -0.815. The van der Waals surface area contributed by atoms with Crippen molar-refractivity contribution >= 4 is 29.2 Å². The molecule has 2 amide bonds. The van der Waals surface area contributed by atoms with E-state index in [1.54, 1.807) is 12.1 Å². The lowest BCUT2D eigenvalue weighted by Crippen LogP contribution is -2.39. The molecule has 3 N–H and O–H groups in total. The fourth-order valence-corrected chi connectivity index (χ4v) is 6.24. The van der Waals surface area contributed by atoms with Crippen molar-refractivity contribution in [3.05, 3.63) is 68.9 Å². The van der Waals surface area contributed by atoms with E-state index in [0.717, 1.165) is 27.2 Å². The molecule has 1 aliphatic heterocycles. The Morgan fingerprint density at radius 3 is 2.63 bits per heavy atom. The number of thiophene rings is 1. The van der Waals surface area contributed by atoms with E-state index < -0.39 is 23.9 Å². The SMILES string of the molecule is CCC1=C([C@H](O)CC/C(C)=C/c2ccccc2O)[C@H](CO)[C@@H]2C(=O)N(Cc3cccs3)C(=O)[C@@H]2C1. The number of fused-ring (bicyclic) bond motifs is 1. The fourth-order valence-electron chi connectivity index (χ4n) is 5.54. The molecule has 6 nitrogen and oxygen atoms in total. The van der Waals surface area contributed by atoms with Gasteiger partial charge in [0.1, 0.15) is 5.75 Å². The van der Waals surface area contributed by atoms with Crippen LogP contribution < -0.4 is 0 Å². The molecule has 7 heteroatoms. The molecule has 0 radical (unpaired) electrons. The molecular formula is C28H33NO5S. The number of carbonyl (C=O) groups is 2. The van der Waals surface area contributed by atoms with Crippen molar-refractivity contribution in [3.63, 3.8) is 0 Å². The monoisotopic (exact) mass is 495 g/mol. The Morgan fingerprint density at radius 2 is 1.97 bits per heavy atom. The highest BCUT2D eigenvalue weighted by atomic mass is 32.1. The Morgan fingerprint density at radius 1 is 1.20 bits per heavy atom. The number of carbonyl (C=O) groups excluding carboxylic acids is 2. The Bertz CT molecular complexity index is 1140. The van der Waals surface area contributed by atoms with Crippen molar-refractivity contribution in [3.8, 4) is 5.75 Å². The predicted octanol–water partition coefficient (Wildman–Crippen LogP) is 4.52. The highest BCUT2D eigenvalue weighted by Gasteiger charge is 2.54.